The standard InChI is InChI=1S/C22H29N5O/c28-22(21-19-14-23-9-8-20(19)24-25-21)27-12-10-26(11-13-27)15-17-6-3-5-16-4-1-2-7-18(16)17/h1-7,19-21,23-25H,8-15H2. The Bertz CT molecular complexity index is 842. The predicted molar refractivity (Wildman–Crippen MR) is 111 cm³/mol. The first-order valence-electron chi connectivity index (χ1n) is 10.5. The number of carbonyl (C=O) groups excluding carboxylic acids is 1. The van der Waals surface area contributed by atoms with Crippen LogP contribution in [0, 0.1) is 5.92 Å². The highest BCUT2D eigenvalue weighted by molar-refractivity contribution is 5.85. The molecule has 3 saturated heterocycles. The van der Waals surface area contributed by atoms with Crippen molar-refractivity contribution in [3.05, 3.63) is 48.0 Å². The van der Waals surface area contributed by atoms with E-state index in [0.29, 0.717) is 12.0 Å². The van der Waals surface area contributed by atoms with Gasteiger partial charge in [-0.15, -0.1) is 0 Å². The van der Waals surface area contributed by atoms with Crippen molar-refractivity contribution >= 4 is 16.7 Å². The number of hydrogen-bond acceptors (Lipinski definition) is 5. The molecule has 3 aliphatic heterocycles. The van der Waals surface area contributed by atoms with E-state index >= 15 is 0 Å². The first-order valence-corrected chi connectivity index (χ1v) is 10.5. The molecule has 3 aliphatic rings. The highest BCUT2D eigenvalue weighted by Crippen LogP contribution is 2.23. The van der Waals surface area contributed by atoms with E-state index in [1.807, 2.05) is 0 Å². The molecule has 6 heteroatoms. The van der Waals surface area contributed by atoms with E-state index in [9.17, 15) is 4.79 Å². The van der Waals surface area contributed by atoms with Gasteiger partial charge in [-0.3, -0.25) is 15.1 Å². The summed E-state index contributed by atoms with van der Waals surface area (Å²) < 4.78 is 0. The van der Waals surface area contributed by atoms with Gasteiger partial charge in [-0.1, -0.05) is 42.5 Å². The average molecular weight is 380 g/mol. The summed E-state index contributed by atoms with van der Waals surface area (Å²) in [5.41, 5.74) is 7.98. The van der Waals surface area contributed by atoms with E-state index in [-0.39, 0.29) is 11.9 Å². The molecule has 6 nitrogen and oxygen atoms in total. The van der Waals surface area contributed by atoms with Gasteiger partial charge in [0, 0.05) is 51.2 Å². The third kappa shape index (κ3) is 3.42. The van der Waals surface area contributed by atoms with Crippen LogP contribution in [0.25, 0.3) is 10.8 Å². The summed E-state index contributed by atoms with van der Waals surface area (Å²) in [6, 6.07) is 15.4. The van der Waals surface area contributed by atoms with E-state index in [4.69, 9.17) is 0 Å². The molecular weight excluding hydrogens is 350 g/mol. The molecule has 0 aromatic heterocycles. The molecule has 5 rings (SSSR count). The van der Waals surface area contributed by atoms with Gasteiger partial charge in [0.2, 0.25) is 5.91 Å². The van der Waals surface area contributed by atoms with E-state index in [1.165, 1.54) is 16.3 Å². The Kier molecular flexibility index (Phi) is 5.03. The lowest BCUT2D eigenvalue weighted by Crippen LogP contribution is -2.55. The first kappa shape index (κ1) is 18.1. The SMILES string of the molecule is O=C(C1NNC2CCNCC21)N1CCN(Cc2cccc3ccccc23)CC1. The highest BCUT2D eigenvalue weighted by atomic mass is 16.2. The number of nitrogens with zero attached hydrogens (tertiary/aromatic N) is 2. The minimum atomic E-state index is -0.0950. The fourth-order valence-corrected chi connectivity index (χ4v) is 4.96. The van der Waals surface area contributed by atoms with Gasteiger partial charge in [-0.05, 0) is 29.3 Å². The summed E-state index contributed by atoms with van der Waals surface area (Å²) in [4.78, 5) is 17.6. The van der Waals surface area contributed by atoms with Gasteiger partial charge in [-0.2, -0.15) is 0 Å². The number of rotatable bonds is 3. The Balaban J connectivity index is 1.20. The number of carbonyl (C=O) groups is 1. The molecule has 0 bridgehead atoms. The van der Waals surface area contributed by atoms with Crippen molar-refractivity contribution in [3.8, 4) is 0 Å². The Hall–Kier alpha value is -1.99. The van der Waals surface area contributed by atoms with Crippen LogP contribution in [0.4, 0.5) is 0 Å². The summed E-state index contributed by atoms with van der Waals surface area (Å²) in [6.07, 6.45) is 1.08. The van der Waals surface area contributed by atoms with Crippen LogP contribution in [-0.2, 0) is 11.3 Å². The number of piperazine rings is 1. The van der Waals surface area contributed by atoms with Crippen molar-refractivity contribution in [3.63, 3.8) is 0 Å². The fraction of sp³-hybridized carbons (Fsp3) is 0.500. The molecule has 0 aliphatic carbocycles. The average Bonchev–Trinajstić information content (AvgIpc) is 3.18. The number of piperidine rings is 1. The molecule has 148 valence electrons. The first-order chi connectivity index (χ1) is 13.8. The zero-order valence-electron chi connectivity index (χ0n) is 16.2. The van der Waals surface area contributed by atoms with Gasteiger partial charge in [0.15, 0.2) is 0 Å². The number of amides is 1. The van der Waals surface area contributed by atoms with Crippen molar-refractivity contribution < 1.29 is 4.79 Å². The molecule has 3 fully saturated rings. The summed E-state index contributed by atoms with van der Waals surface area (Å²) >= 11 is 0. The van der Waals surface area contributed by atoms with E-state index < -0.39 is 0 Å². The van der Waals surface area contributed by atoms with Crippen LogP contribution in [0.5, 0.6) is 0 Å². The maximum Gasteiger partial charge on any atom is 0.241 e. The second-order valence-corrected chi connectivity index (χ2v) is 8.27. The zero-order valence-corrected chi connectivity index (χ0v) is 16.2. The van der Waals surface area contributed by atoms with Crippen molar-refractivity contribution in [1.29, 1.82) is 0 Å². The highest BCUT2D eigenvalue weighted by Gasteiger charge is 2.42. The third-order valence-electron chi connectivity index (χ3n) is 6.61. The summed E-state index contributed by atoms with van der Waals surface area (Å²) in [7, 11) is 0. The summed E-state index contributed by atoms with van der Waals surface area (Å²) in [6.45, 7) is 6.38. The fourth-order valence-electron chi connectivity index (χ4n) is 4.96. The van der Waals surface area contributed by atoms with Gasteiger partial charge >= 0.3 is 0 Å². The number of nitrogens with one attached hydrogen (secondary N) is 3. The lowest BCUT2D eigenvalue weighted by molar-refractivity contribution is -0.136. The van der Waals surface area contributed by atoms with Gasteiger partial charge in [-0.25, -0.2) is 5.43 Å². The van der Waals surface area contributed by atoms with Crippen molar-refractivity contribution in [2.24, 2.45) is 5.92 Å². The lowest BCUT2D eigenvalue weighted by Gasteiger charge is -2.37. The van der Waals surface area contributed by atoms with Gasteiger partial charge in [0.1, 0.15) is 6.04 Å². The van der Waals surface area contributed by atoms with Gasteiger partial charge in [0.05, 0.1) is 0 Å². The molecule has 2 aromatic rings. The monoisotopic (exact) mass is 379 g/mol. The minimum absolute atomic E-state index is 0.0950. The third-order valence-corrected chi connectivity index (χ3v) is 6.61. The maximum absolute atomic E-state index is 13.1. The number of hydrogen-bond donors (Lipinski definition) is 3. The topological polar surface area (TPSA) is 59.6 Å². The van der Waals surface area contributed by atoms with Gasteiger partial charge in [0.25, 0.3) is 0 Å². The number of hydrazine groups is 1. The molecule has 3 heterocycles. The number of fused-ring (bicyclic) bond motifs is 2. The molecular formula is C22H29N5O. The van der Waals surface area contributed by atoms with Crippen LogP contribution in [0.2, 0.25) is 0 Å². The van der Waals surface area contributed by atoms with Crippen molar-refractivity contribution in [2.45, 2.75) is 25.0 Å². The zero-order chi connectivity index (χ0) is 18.9. The second-order valence-electron chi connectivity index (χ2n) is 8.27. The van der Waals surface area contributed by atoms with E-state index in [1.54, 1.807) is 0 Å². The van der Waals surface area contributed by atoms with Gasteiger partial charge < -0.3 is 10.2 Å². The Morgan fingerprint density at radius 1 is 1.00 bits per heavy atom. The molecule has 1 amide bonds. The van der Waals surface area contributed by atoms with Crippen LogP contribution in [0.3, 0.4) is 0 Å². The largest absolute Gasteiger partial charge is 0.339 e. The quantitative estimate of drug-likeness (QED) is 0.741. The molecule has 3 unspecified atom stereocenters. The Morgan fingerprint density at radius 2 is 1.82 bits per heavy atom. The molecule has 0 saturated carbocycles. The van der Waals surface area contributed by atoms with Crippen LogP contribution in [0.1, 0.15) is 12.0 Å². The molecule has 3 N–H and O–H groups in total. The Labute approximate surface area is 166 Å². The van der Waals surface area contributed by atoms with Crippen LogP contribution in [-0.4, -0.2) is 67.1 Å². The van der Waals surface area contributed by atoms with E-state index in [2.05, 4.69) is 68.4 Å². The summed E-state index contributed by atoms with van der Waals surface area (Å²) in [5.74, 6) is 0.614. The number of benzene rings is 2. The molecule has 2 aromatic carbocycles. The van der Waals surface area contributed by atoms with Crippen LogP contribution in [0.15, 0.2) is 42.5 Å². The predicted octanol–water partition coefficient (Wildman–Crippen LogP) is 0.939. The van der Waals surface area contributed by atoms with Crippen LogP contribution >= 0.6 is 0 Å². The van der Waals surface area contributed by atoms with E-state index in [0.717, 1.165) is 52.2 Å². The molecule has 0 spiro atoms. The van der Waals surface area contributed by atoms with Crippen molar-refractivity contribution in [1.82, 2.24) is 26.0 Å². The van der Waals surface area contributed by atoms with Crippen molar-refractivity contribution in [2.75, 3.05) is 39.3 Å². The molecule has 3 atom stereocenters. The minimum Gasteiger partial charge on any atom is -0.339 e. The summed E-state index contributed by atoms with van der Waals surface area (Å²) in [5, 5.41) is 6.06. The molecule has 0 radical (unpaired) electrons. The smallest absolute Gasteiger partial charge is 0.241 e. The lowest BCUT2D eigenvalue weighted by atomic mass is 9.89. The van der Waals surface area contributed by atoms with Crippen LogP contribution < -0.4 is 16.2 Å². The Morgan fingerprint density at radius 3 is 2.71 bits per heavy atom. The normalized spacial score (nSPS) is 28.4. The molecule has 28 heavy (non-hydrogen) atoms. The second kappa shape index (κ2) is 7.79. The maximum atomic E-state index is 13.1.